The van der Waals surface area contributed by atoms with E-state index in [4.69, 9.17) is 0 Å². The van der Waals surface area contributed by atoms with Gasteiger partial charge < -0.3 is 0 Å². The van der Waals surface area contributed by atoms with Gasteiger partial charge in [0, 0.05) is 0 Å². The zero-order valence-corrected chi connectivity index (χ0v) is 12.2. The molecule has 0 aliphatic carbocycles. The van der Waals surface area contributed by atoms with E-state index in [1.54, 1.807) is 0 Å². The van der Waals surface area contributed by atoms with Crippen LogP contribution in [0.3, 0.4) is 0 Å². The maximum atomic E-state index is 2.45. The van der Waals surface area contributed by atoms with Crippen molar-refractivity contribution in [3.63, 3.8) is 0 Å². The second kappa shape index (κ2) is 11.5. The summed E-state index contributed by atoms with van der Waals surface area (Å²) in [6.07, 6.45) is 14.3. The molecule has 0 amide bonds. The molecule has 0 aliphatic heterocycles. The molecular formula is C16H34. The molecule has 0 heteroatoms. The minimum absolute atomic E-state index is 0.943. The van der Waals surface area contributed by atoms with Gasteiger partial charge in [-0.15, -0.1) is 0 Å². The quantitative estimate of drug-likeness (QED) is 0.368. The Morgan fingerprint density at radius 1 is 0.688 bits per heavy atom. The van der Waals surface area contributed by atoms with E-state index in [0.717, 1.165) is 11.8 Å². The van der Waals surface area contributed by atoms with E-state index < -0.39 is 0 Å². The van der Waals surface area contributed by atoms with Crippen molar-refractivity contribution in [3.8, 4) is 0 Å². The lowest BCUT2D eigenvalue weighted by Crippen LogP contribution is -2.11. The predicted molar refractivity (Wildman–Crippen MR) is 75.8 cm³/mol. The first kappa shape index (κ1) is 16.0. The Hall–Kier alpha value is 0. The maximum absolute atomic E-state index is 2.45. The normalized spacial score (nSPS) is 15.0. The fraction of sp³-hybridized carbons (Fsp3) is 1.00. The van der Waals surface area contributed by atoms with Crippen LogP contribution in [0, 0.1) is 11.8 Å². The molecule has 0 N–H and O–H groups in total. The summed E-state index contributed by atoms with van der Waals surface area (Å²) in [5.41, 5.74) is 0. The molecule has 0 nitrogen and oxygen atoms in total. The van der Waals surface area contributed by atoms with Crippen molar-refractivity contribution in [3.05, 3.63) is 0 Å². The average Bonchev–Trinajstić information content (AvgIpc) is 2.31. The van der Waals surface area contributed by atoms with E-state index in [1.165, 1.54) is 64.2 Å². The van der Waals surface area contributed by atoms with Crippen LogP contribution in [0.25, 0.3) is 0 Å². The molecule has 0 saturated carbocycles. The van der Waals surface area contributed by atoms with E-state index in [9.17, 15) is 0 Å². The van der Waals surface area contributed by atoms with Crippen molar-refractivity contribution in [2.45, 2.75) is 91.9 Å². The lowest BCUT2D eigenvalue weighted by atomic mass is 9.83. The van der Waals surface area contributed by atoms with Gasteiger partial charge in [0.05, 0.1) is 0 Å². The van der Waals surface area contributed by atoms with E-state index in [0.29, 0.717) is 0 Å². The topological polar surface area (TPSA) is 0 Å². The largest absolute Gasteiger partial charge is 0.0654 e. The van der Waals surface area contributed by atoms with Crippen LogP contribution < -0.4 is 0 Å². The van der Waals surface area contributed by atoms with Crippen LogP contribution in [0.4, 0.5) is 0 Å². The number of rotatable bonds is 11. The van der Waals surface area contributed by atoms with Crippen LogP contribution in [-0.2, 0) is 0 Å². The molecule has 0 aromatic carbocycles. The SMILES string of the molecule is CCCCCCC(CCCCC)C(C)CC. The van der Waals surface area contributed by atoms with E-state index in [1.807, 2.05) is 0 Å². The number of hydrogen-bond donors (Lipinski definition) is 0. The Labute approximate surface area is 104 Å². The van der Waals surface area contributed by atoms with Crippen LogP contribution in [0.1, 0.15) is 91.9 Å². The van der Waals surface area contributed by atoms with Gasteiger partial charge in [-0.3, -0.25) is 0 Å². The van der Waals surface area contributed by atoms with Crippen molar-refractivity contribution < 1.29 is 0 Å². The zero-order chi connectivity index (χ0) is 12.2. The smallest absolute Gasteiger partial charge is 0.0389 e. The second-order valence-electron chi connectivity index (χ2n) is 5.49. The van der Waals surface area contributed by atoms with Gasteiger partial charge in [0.25, 0.3) is 0 Å². The van der Waals surface area contributed by atoms with Gasteiger partial charge in [0.15, 0.2) is 0 Å². The molecule has 0 radical (unpaired) electrons. The Morgan fingerprint density at radius 2 is 1.19 bits per heavy atom. The average molecular weight is 226 g/mol. The Kier molecular flexibility index (Phi) is 11.5. The molecule has 0 saturated heterocycles. The molecule has 0 aromatic heterocycles. The lowest BCUT2D eigenvalue weighted by Gasteiger charge is -2.23. The molecule has 0 heterocycles. The lowest BCUT2D eigenvalue weighted by molar-refractivity contribution is 0.289. The minimum atomic E-state index is 0.943. The minimum Gasteiger partial charge on any atom is -0.0654 e. The highest BCUT2D eigenvalue weighted by atomic mass is 14.2. The molecule has 0 aliphatic rings. The van der Waals surface area contributed by atoms with Crippen LogP contribution >= 0.6 is 0 Å². The summed E-state index contributed by atoms with van der Waals surface area (Å²) in [6, 6.07) is 0. The fourth-order valence-electron chi connectivity index (χ4n) is 2.54. The van der Waals surface area contributed by atoms with Gasteiger partial charge in [-0.05, 0) is 11.8 Å². The van der Waals surface area contributed by atoms with Gasteiger partial charge in [-0.25, -0.2) is 0 Å². The van der Waals surface area contributed by atoms with Gasteiger partial charge in [0.1, 0.15) is 0 Å². The monoisotopic (exact) mass is 226 g/mol. The van der Waals surface area contributed by atoms with Crippen LogP contribution in [0.15, 0.2) is 0 Å². The Bertz CT molecular complexity index is 128. The number of hydrogen-bond acceptors (Lipinski definition) is 0. The Morgan fingerprint density at radius 3 is 1.69 bits per heavy atom. The second-order valence-corrected chi connectivity index (χ2v) is 5.49. The first-order chi connectivity index (χ1) is 7.76. The molecular weight excluding hydrogens is 192 g/mol. The van der Waals surface area contributed by atoms with Crippen LogP contribution in [-0.4, -0.2) is 0 Å². The predicted octanol–water partition coefficient (Wildman–Crippen LogP) is 6.20. The highest BCUT2D eigenvalue weighted by Gasteiger charge is 2.14. The standard InChI is InChI=1S/C16H34/c1-5-8-10-12-14-16(15(4)7-3)13-11-9-6-2/h15-16H,5-14H2,1-4H3. The van der Waals surface area contributed by atoms with Gasteiger partial charge in [-0.2, -0.15) is 0 Å². The summed E-state index contributed by atoms with van der Waals surface area (Å²) < 4.78 is 0. The highest BCUT2D eigenvalue weighted by Crippen LogP contribution is 2.27. The van der Waals surface area contributed by atoms with Crippen LogP contribution in [0.2, 0.25) is 0 Å². The van der Waals surface area contributed by atoms with Crippen molar-refractivity contribution in [1.29, 1.82) is 0 Å². The van der Waals surface area contributed by atoms with Gasteiger partial charge >= 0.3 is 0 Å². The molecule has 0 bridgehead atoms. The molecule has 0 spiro atoms. The molecule has 16 heavy (non-hydrogen) atoms. The van der Waals surface area contributed by atoms with Gasteiger partial charge in [-0.1, -0.05) is 91.9 Å². The molecule has 0 aromatic rings. The molecule has 98 valence electrons. The van der Waals surface area contributed by atoms with Crippen LogP contribution in [0.5, 0.6) is 0 Å². The van der Waals surface area contributed by atoms with Crippen molar-refractivity contribution >= 4 is 0 Å². The summed E-state index contributed by atoms with van der Waals surface area (Å²) in [5.74, 6) is 1.95. The first-order valence-corrected chi connectivity index (χ1v) is 7.76. The maximum Gasteiger partial charge on any atom is -0.0389 e. The number of unbranched alkanes of at least 4 members (excludes halogenated alkanes) is 5. The molecule has 0 fully saturated rings. The van der Waals surface area contributed by atoms with E-state index >= 15 is 0 Å². The third-order valence-electron chi connectivity index (χ3n) is 4.06. The summed E-state index contributed by atoms with van der Waals surface area (Å²) in [5, 5.41) is 0. The summed E-state index contributed by atoms with van der Waals surface area (Å²) in [6.45, 7) is 9.41. The van der Waals surface area contributed by atoms with Crippen molar-refractivity contribution in [2.24, 2.45) is 11.8 Å². The first-order valence-electron chi connectivity index (χ1n) is 7.76. The summed E-state index contributed by atoms with van der Waals surface area (Å²) in [7, 11) is 0. The van der Waals surface area contributed by atoms with Crippen molar-refractivity contribution in [1.82, 2.24) is 0 Å². The van der Waals surface area contributed by atoms with E-state index in [2.05, 4.69) is 27.7 Å². The zero-order valence-electron chi connectivity index (χ0n) is 12.2. The fourth-order valence-corrected chi connectivity index (χ4v) is 2.54. The molecule has 2 atom stereocenters. The van der Waals surface area contributed by atoms with E-state index in [-0.39, 0.29) is 0 Å². The summed E-state index contributed by atoms with van der Waals surface area (Å²) in [4.78, 5) is 0. The van der Waals surface area contributed by atoms with Gasteiger partial charge in [0.2, 0.25) is 0 Å². The highest BCUT2D eigenvalue weighted by molar-refractivity contribution is 4.66. The summed E-state index contributed by atoms with van der Waals surface area (Å²) >= 11 is 0. The van der Waals surface area contributed by atoms with Crippen molar-refractivity contribution in [2.75, 3.05) is 0 Å². The molecule has 0 rings (SSSR count). The molecule has 2 unspecified atom stereocenters. The third kappa shape index (κ3) is 8.19. The third-order valence-corrected chi connectivity index (χ3v) is 4.06. The Balaban J connectivity index is 3.72.